The van der Waals surface area contributed by atoms with Gasteiger partial charge in [0.1, 0.15) is 12.1 Å². The molecule has 0 saturated carbocycles. The second kappa shape index (κ2) is 6.37. The molecular weight excluding hydrogens is 218 g/mol. The van der Waals surface area contributed by atoms with E-state index in [2.05, 4.69) is 0 Å². The lowest BCUT2D eigenvalue weighted by molar-refractivity contribution is -0.152. The van der Waals surface area contributed by atoms with Crippen molar-refractivity contribution in [2.24, 2.45) is 5.73 Å². The Hall–Kier alpha value is -1.39. The van der Waals surface area contributed by atoms with Crippen LogP contribution in [-0.2, 0) is 16.0 Å². The van der Waals surface area contributed by atoms with E-state index in [1.807, 2.05) is 31.2 Å². The van der Waals surface area contributed by atoms with Gasteiger partial charge in [0.2, 0.25) is 0 Å². The highest BCUT2D eigenvalue weighted by atomic mass is 16.6. The van der Waals surface area contributed by atoms with Gasteiger partial charge >= 0.3 is 5.97 Å². The number of carbonyl (C=O) groups is 1. The molecule has 1 aromatic carbocycles. The van der Waals surface area contributed by atoms with Gasteiger partial charge in [-0.1, -0.05) is 31.2 Å². The number of aryl methyl sites for hydroxylation is 1. The summed E-state index contributed by atoms with van der Waals surface area (Å²) in [6.45, 7) is 3.35. The largest absolute Gasteiger partial charge is 0.454 e. The Morgan fingerprint density at radius 1 is 1.53 bits per heavy atom. The Balaban J connectivity index is 2.82. The first-order valence-electron chi connectivity index (χ1n) is 5.74. The average Bonchev–Trinajstić information content (AvgIpc) is 2.35. The first kappa shape index (κ1) is 13.7. The number of hydrogen-bond acceptors (Lipinski definition) is 4. The van der Waals surface area contributed by atoms with Crippen molar-refractivity contribution < 1.29 is 14.6 Å². The van der Waals surface area contributed by atoms with Crippen molar-refractivity contribution in [2.75, 3.05) is 6.61 Å². The minimum absolute atomic E-state index is 0.244. The predicted molar refractivity (Wildman–Crippen MR) is 65.4 cm³/mol. The van der Waals surface area contributed by atoms with E-state index in [4.69, 9.17) is 10.5 Å². The molecule has 4 nitrogen and oxygen atoms in total. The van der Waals surface area contributed by atoms with Crippen molar-refractivity contribution in [3.05, 3.63) is 35.4 Å². The van der Waals surface area contributed by atoms with Crippen LogP contribution in [0.2, 0.25) is 0 Å². The molecule has 0 radical (unpaired) electrons. The molecule has 0 spiro atoms. The van der Waals surface area contributed by atoms with E-state index in [9.17, 15) is 9.90 Å². The molecule has 4 heteroatoms. The number of rotatable bonds is 5. The van der Waals surface area contributed by atoms with Crippen molar-refractivity contribution in [1.29, 1.82) is 0 Å². The van der Waals surface area contributed by atoms with Crippen LogP contribution >= 0.6 is 0 Å². The van der Waals surface area contributed by atoms with Gasteiger partial charge in [-0.25, -0.2) is 0 Å². The maximum absolute atomic E-state index is 11.4. The number of ether oxygens (including phenoxy) is 1. The van der Waals surface area contributed by atoms with Crippen molar-refractivity contribution in [1.82, 2.24) is 0 Å². The molecule has 1 rings (SSSR count). The van der Waals surface area contributed by atoms with Gasteiger partial charge in [0, 0.05) is 0 Å². The van der Waals surface area contributed by atoms with Crippen LogP contribution in [0.25, 0.3) is 0 Å². The lowest BCUT2D eigenvalue weighted by Gasteiger charge is -2.17. The number of aliphatic hydroxyl groups excluding tert-OH is 1. The Labute approximate surface area is 101 Å². The fourth-order valence-electron chi connectivity index (χ4n) is 1.47. The Kier molecular flexibility index (Phi) is 5.12. The topological polar surface area (TPSA) is 72.5 Å². The van der Waals surface area contributed by atoms with Gasteiger partial charge in [-0.05, 0) is 24.5 Å². The van der Waals surface area contributed by atoms with Gasteiger partial charge in [-0.2, -0.15) is 0 Å². The summed E-state index contributed by atoms with van der Waals surface area (Å²) in [5.74, 6) is -0.508. The maximum Gasteiger partial charge on any atom is 0.323 e. The van der Waals surface area contributed by atoms with E-state index < -0.39 is 18.1 Å². The fourth-order valence-corrected chi connectivity index (χ4v) is 1.47. The summed E-state index contributed by atoms with van der Waals surface area (Å²) in [7, 11) is 0. The maximum atomic E-state index is 11.4. The zero-order chi connectivity index (χ0) is 12.8. The highest BCUT2D eigenvalue weighted by Gasteiger charge is 2.18. The van der Waals surface area contributed by atoms with Gasteiger partial charge in [-0.15, -0.1) is 0 Å². The minimum Gasteiger partial charge on any atom is -0.454 e. The van der Waals surface area contributed by atoms with Crippen molar-refractivity contribution in [3.63, 3.8) is 0 Å². The second-order valence-electron chi connectivity index (χ2n) is 4.00. The Bertz CT molecular complexity index is 377. The highest BCUT2D eigenvalue weighted by molar-refractivity contribution is 5.75. The van der Waals surface area contributed by atoms with Crippen LogP contribution < -0.4 is 5.73 Å². The fraction of sp³-hybridized carbons (Fsp3) is 0.462. The molecule has 17 heavy (non-hydrogen) atoms. The molecule has 3 N–H and O–H groups in total. The summed E-state index contributed by atoms with van der Waals surface area (Å²) in [5.41, 5.74) is 7.35. The summed E-state index contributed by atoms with van der Waals surface area (Å²) in [6.07, 6.45) is 0.257. The van der Waals surface area contributed by atoms with Crippen molar-refractivity contribution in [2.45, 2.75) is 32.4 Å². The standard InChI is InChI=1S/C13H19NO3/c1-3-10-5-4-6-11(7-10)12(8-15)17-13(16)9(2)14/h4-7,9,12,15H,3,8,14H2,1-2H3/t9-,12?/m0/s1. The second-order valence-corrected chi connectivity index (χ2v) is 4.00. The number of benzene rings is 1. The molecule has 0 heterocycles. The van der Waals surface area contributed by atoms with Gasteiger partial charge in [-0.3, -0.25) is 4.79 Å². The molecule has 0 amide bonds. The van der Waals surface area contributed by atoms with E-state index in [1.165, 1.54) is 0 Å². The van der Waals surface area contributed by atoms with Gasteiger partial charge < -0.3 is 15.6 Å². The summed E-state index contributed by atoms with van der Waals surface area (Å²) in [6, 6.07) is 6.95. The number of hydrogen-bond donors (Lipinski definition) is 2. The van der Waals surface area contributed by atoms with E-state index in [0.29, 0.717) is 0 Å². The average molecular weight is 237 g/mol. The molecule has 0 fully saturated rings. The number of aliphatic hydroxyl groups is 1. The summed E-state index contributed by atoms with van der Waals surface area (Å²) < 4.78 is 5.13. The number of carbonyl (C=O) groups excluding carboxylic acids is 1. The molecule has 0 aliphatic carbocycles. The summed E-state index contributed by atoms with van der Waals surface area (Å²) >= 11 is 0. The van der Waals surface area contributed by atoms with Crippen LogP contribution in [0.15, 0.2) is 24.3 Å². The van der Waals surface area contributed by atoms with Crippen molar-refractivity contribution >= 4 is 5.97 Å². The molecule has 1 aromatic rings. The monoisotopic (exact) mass is 237 g/mol. The van der Waals surface area contributed by atoms with Crippen LogP contribution in [0, 0.1) is 0 Å². The Morgan fingerprint density at radius 3 is 2.76 bits per heavy atom. The quantitative estimate of drug-likeness (QED) is 0.754. The highest BCUT2D eigenvalue weighted by Crippen LogP contribution is 2.19. The minimum atomic E-state index is -0.682. The Morgan fingerprint density at radius 2 is 2.24 bits per heavy atom. The molecule has 0 aliphatic rings. The molecular formula is C13H19NO3. The van der Waals surface area contributed by atoms with Crippen LogP contribution in [0.3, 0.4) is 0 Å². The molecule has 0 aromatic heterocycles. The lowest BCUT2D eigenvalue weighted by atomic mass is 10.0. The van der Waals surface area contributed by atoms with Crippen LogP contribution in [0.1, 0.15) is 31.1 Å². The predicted octanol–water partition coefficient (Wildman–Crippen LogP) is 1.17. The van der Waals surface area contributed by atoms with E-state index in [-0.39, 0.29) is 6.61 Å². The number of nitrogens with two attached hydrogens (primary N) is 1. The van der Waals surface area contributed by atoms with Gasteiger partial charge in [0.25, 0.3) is 0 Å². The normalized spacial score (nSPS) is 14.1. The van der Waals surface area contributed by atoms with Gasteiger partial charge in [0.15, 0.2) is 0 Å². The molecule has 0 saturated heterocycles. The van der Waals surface area contributed by atoms with E-state index in [0.717, 1.165) is 17.5 Å². The molecule has 0 bridgehead atoms. The zero-order valence-electron chi connectivity index (χ0n) is 10.2. The van der Waals surface area contributed by atoms with Gasteiger partial charge in [0.05, 0.1) is 6.61 Å². The third-order valence-electron chi connectivity index (χ3n) is 2.53. The summed E-state index contributed by atoms with van der Waals surface area (Å²) in [5, 5.41) is 9.26. The lowest BCUT2D eigenvalue weighted by Crippen LogP contribution is -2.30. The third kappa shape index (κ3) is 3.84. The van der Waals surface area contributed by atoms with Crippen LogP contribution in [0.5, 0.6) is 0 Å². The molecule has 2 atom stereocenters. The first-order chi connectivity index (χ1) is 8.08. The van der Waals surface area contributed by atoms with Crippen LogP contribution in [0.4, 0.5) is 0 Å². The molecule has 1 unspecified atom stereocenters. The van der Waals surface area contributed by atoms with Crippen LogP contribution in [-0.4, -0.2) is 23.7 Å². The summed E-state index contributed by atoms with van der Waals surface area (Å²) in [4.78, 5) is 11.4. The zero-order valence-corrected chi connectivity index (χ0v) is 10.2. The molecule has 0 aliphatic heterocycles. The smallest absolute Gasteiger partial charge is 0.323 e. The molecule has 94 valence electrons. The SMILES string of the molecule is CCc1cccc(C(CO)OC(=O)[C@H](C)N)c1. The third-order valence-corrected chi connectivity index (χ3v) is 2.53. The van der Waals surface area contributed by atoms with E-state index in [1.54, 1.807) is 6.92 Å². The van der Waals surface area contributed by atoms with Crippen molar-refractivity contribution in [3.8, 4) is 0 Å². The first-order valence-corrected chi connectivity index (χ1v) is 5.74. The number of esters is 1. The van der Waals surface area contributed by atoms with E-state index >= 15 is 0 Å².